The predicted molar refractivity (Wildman–Crippen MR) is 65.6 cm³/mol. The summed E-state index contributed by atoms with van der Waals surface area (Å²) in [5.41, 5.74) is -2.77. The van der Waals surface area contributed by atoms with Gasteiger partial charge in [0.2, 0.25) is 5.91 Å². The lowest BCUT2D eigenvalue weighted by Gasteiger charge is -2.37. The van der Waals surface area contributed by atoms with Crippen LogP contribution in [0, 0.1) is 5.41 Å². The summed E-state index contributed by atoms with van der Waals surface area (Å²) in [4.78, 5) is 23.7. The Morgan fingerprint density at radius 2 is 1.95 bits per heavy atom. The second-order valence-corrected chi connectivity index (χ2v) is 5.81. The number of carboxylic acid groups (broad SMARTS) is 1. The smallest absolute Gasteiger partial charge is 0.403 e. The maximum absolute atomic E-state index is 14.4. The van der Waals surface area contributed by atoms with Crippen LogP contribution >= 0.6 is 0 Å². The number of hydrogen-bond acceptors (Lipinski definition) is 3. The molecule has 2 aliphatic rings. The Kier molecular flexibility index (Phi) is 4.14. The number of carbonyl (C=O) groups excluding carboxylic acids is 1. The lowest BCUT2D eigenvalue weighted by atomic mass is 9.83. The summed E-state index contributed by atoms with van der Waals surface area (Å²) in [7, 11) is 1.24. The number of nitrogens with zero attached hydrogens (tertiary/aromatic N) is 1. The van der Waals surface area contributed by atoms with E-state index in [1.165, 1.54) is 7.11 Å². The van der Waals surface area contributed by atoms with Gasteiger partial charge in [0.25, 0.3) is 5.79 Å². The molecule has 0 aromatic heterocycles. The minimum absolute atomic E-state index is 0.0101. The zero-order valence-corrected chi connectivity index (χ0v) is 12.0. The average molecular weight is 327 g/mol. The summed E-state index contributed by atoms with van der Waals surface area (Å²) in [5, 5.41) is 8.94. The SMILES string of the molecule is CO[C@H]1CC[C@](C(=O)N2CCCC2(F)C(=O)O)(C(F)(F)F)C1. The van der Waals surface area contributed by atoms with E-state index >= 15 is 0 Å². The first-order chi connectivity index (χ1) is 10.1. The van der Waals surface area contributed by atoms with Crippen molar-refractivity contribution in [1.82, 2.24) is 4.90 Å². The van der Waals surface area contributed by atoms with E-state index in [-0.39, 0.29) is 24.3 Å². The zero-order chi connectivity index (χ0) is 16.8. The fourth-order valence-corrected chi connectivity index (χ4v) is 3.30. The summed E-state index contributed by atoms with van der Waals surface area (Å²) >= 11 is 0. The summed E-state index contributed by atoms with van der Waals surface area (Å²) in [5.74, 6) is -6.50. The summed E-state index contributed by atoms with van der Waals surface area (Å²) in [6, 6.07) is 0. The van der Waals surface area contributed by atoms with Crippen LogP contribution in [-0.4, -0.2) is 53.6 Å². The Bertz CT molecular complexity index is 483. The molecule has 1 N–H and O–H groups in total. The van der Waals surface area contributed by atoms with Crippen LogP contribution in [0.3, 0.4) is 0 Å². The largest absolute Gasteiger partial charge is 0.477 e. The molecule has 2 fully saturated rings. The molecule has 1 unspecified atom stereocenters. The Balaban J connectivity index is 2.38. The predicted octanol–water partition coefficient (Wildman–Crippen LogP) is 2.11. The zero-order valence-electron chi connectivity index (χ0n) is 12.0. The highest BCUT2D eigenvalue weighted by Crippen LogP contribution is 2.53. The fraction of sp³-hybridized carbons (Fsp3) is 0.846. The van der Waals surface area contributed by atoms with Gasteiger partial charge >= 0.3 is 12.1 Å². The minimum Gasteiger partial charge on any atom is -0.477 e. The molecular formula is C13H17F4NO4. The van der Waals surface area contributed by atoms with Crippen LogP contribution in [0.25, 0.3) is 0 Å². The van der Waals surface area contributed by atoms with Crippen molar-refractivity contribution in [3.8, 4) is 0 Å². The van der Waals surface area contributed by atoms with Crippen LogP contribution in [0.4, 0.5) is 17.6 Å². The maximum atomic E-state index is 14.4. The Morgan fingerprint density at radius 1 is 1.32 bits per heavy atom. The highest BCUT2D eigenvalue weighted by atomic mass is 19.4. The van der Waals surface area contributed by atoms with Crippen molar-refractivity contribution in [3.05, 3.63) is 0 Å². The molecule has 3 atom stereocenters. The molecule has 1 amide bonds. The number of likely N-dealkylation sites (tertiary alicyclic amines) is 1. The molecule has 1 aliphatic carbocycles. The number of amides is 1. The second-order valence-electron chi connectivity index (χ2n) is 5.81. The van der Waals surface area contributed by atoms with Crippen molar-refractivity contribution in [2.45, 2.75) is 50.2 Å². The van der Waals surface area contributed by atoms with E-state index in [0.717, 1.165) is 0 Å². The molecule has 9 heteroatoms. The van der Waals surface area contributed by atoms with E-state index < -0.39 is 54.6 Å². The van der Waals surface area contributed by atoms with E-state index in [0.29, 0.717) is 0 Å². The third kappa shape index (κ3) is 2.35. The first-order valence-electron chi connectivity index (χ1n) is 6.92. The highest BCUT2D eigenvalue weighted by Gasteiger charge is 2.67. The second kappa shape index (κ2) is 5.36. The quantitative estimate of drug-likeness (QED) is 0.637. The number of ether oxygens (including phenoxy) is 1. The molecular weight excluding hydrogens is 310 g/mol. The van der Waals surface area contributed by atoms with Gasteiger partial charge in [0.1, 0.15) is 5.41 Å². The molecule has 1 saturated carbocycles. The molecule has 1 aliphatic heterocycles. The molecule has 0 spiro atoms. The molecule has 1 heterocycles. The Hall–Kier alpha value is -1.38. The minimum atomic E-state index is -4.89. The molecule has 5 nitrogen and oxygen atoms in total. The third-order valence-corrected chi connectivity index (χ3v) is 4.65. The summed E-state index contributed by atoms with van der Waals surface area (Å²) in [6.07, 6.45) is -7.27. The fourth-order valence-electron chi connectivity index (χ4n) is 3.30. The van der Waals surface area contributed by atoms with Gasteiger partial charge in [0.05, 0.1) is 6.10 Å². The Morgan fingerprint density at radius 3 is 2.41 bits per heavy atom. The third-order valence-electron chi connectivity index (χ3n) is 4.65. The van der Waals surface area contributed by atoms with Crippen molar-refractivity contribution < 1.29 is 37.0 Å². The number of halogens is 4. The first kappa shape index (κ1) is 17.0. The summed E-state index contributed by atoms with van der Waals surface area (Å²) in [6.45, 7) is -0.336. The van der Waals surface area contributed by atoms with Crippen molar-refractivity contribution in [1.29, 1.82) is 0 Å². The van der Waals surface area contributed by atoms with Crippen LogP contribution in [-0.2, 0) is 14.3 Å². The van der Waals surface area contributed by atoms with Crippen LogP contribution in [0.2, 0.25) is 0 Å². The molecule has 0 aromatic carbocycles. The highest BCUT2D eigenvalue weighted by molar-refractivity contribution is 5.90. The van der Waals surface area contributed by atoms with Gasteiger partial charge in [-0.05, 0) is 25.7 Å². The molecule has 0 radical (unpaired) electrons. The molecule has 1 saturated heterocycles. The lowest BCUT2D eigenvalue weighted by molar-refractivity contribution is -0.232. The van der Waals surface area contributed by atoms with E-state index in [4.69, 9.17) is 9.84 Å². The van der Waals surface area contributed by atoms with Gasteiger partial charge in [-0.25, -0.2) is 9.18 Å². The van der Waals surface area contributed by atoms with Crippen molar-refractivity contribution in [3.63, 3.8) is 0 Å². The van der Waals surface area contributed by atoms with E-state index in [1.807, 2.05) is 0 Å². The molecule has 126 valence electrons. The number of carbonyl (C=O) groups is 2. The lowest BCUT2D eigenvalue weighted by Crippen LogP contribution is -2.58. The summed E-state index contributed by atoms with van der Waals surface area (Å²) < 4.78 is 59.9. The standard InChI is InChI=1S/C13H17F4NO4/c1-22-8-3-5-11(7-8,13(15,16)17)9(19)18-6-2-4-12(18,14)10(20)21/h8H,2-7H2,1H3,(H,20,21)/t8-,11-,12?/m0/s1. The van der Waals surface area contributed by atoms with Gasteiger partial charge in [0.15, 0.2) is 0 Å². The number of aliphatic carboxylic acids is 1. The van der Waals surface area contributed by atoms with Crippen LogP contribution in [0.5, 0.6) is 0 Å². The van der Waals surface area contributed by atoms with E-state index in [1.54, 1.807) is 0 Å². The molecule has 22 heavy (non-hydrogen) atoms. The topological polar surface area (TPSA) is 66.8 Å². The first-order valence-corrected chi connectivity index (χ1v) is 6.92. The van der Waals surface area contributed by atoms with Crippen LogP contribution in [0.15, 0.2) is 0 Å². The van der Waals surface area contributed by atoms with Gasteiger partial charge in [-0.15, -0.1) is 0 Å². The van der Waals surface area contributed by atoms with Crippen molar-refractivity contribution >= 4 is 11.9 Å². The number of carboxylic acids is 1. The van der Waals surface area contributed by atoms with Gasteiger partial charge < -0.3 is 14.7 Å². The van der Waals surface area contributed by atoms with Gasteiger partial charge in [0, 0.05) is 20.1 Å². The van der Waals surface area contributed by atoms with Crippen molar-refractivity contribution in [2.75, 3.05) is 13.7 Å². The van der Waals surface area contributed by atoms with Gasteiger partial charge in [-0.3, -0.25) is 4.79 Å². The van der Waals surface area contributed by atoms with Crippen molar-refractivity contribution in [2.24, 2.45) is 5.41 Å². The number of alkyl halides is 4. The monoisotopic (exact) mass is 327 g/mol. The number of hydrogen-bond donors (Lipinski definition) is 1. The Labute approximate surface area is 124 Å². The molecule has 0 bridgehead atoms. The van der Waals surface area contributed by atoms with Gasteiger partial charge in [-0.2, -0.15) is 13.2 Å². The number of methoxy groups -OCH3 is 1. The maximum Gasteiger partial charge on any atom is 0.403 e. The molecule has 2 rings (SSSR count). The van der Waals surface area contributed by atoms with E-state index in [9.17, 15) is 27.2 Å². The van der Waals surface area contributed by atoms with Crippen LogP contribution < -0.4 is 0 Å². The van der Waals surface area contributed by atoms with E-state index in [2.05, 4.69) is 0 Å². The average Bonchev–Trinajstić information content (AvgIpc) is 3.02. The normalized spacial score (nSPS) is 35.9. The van der Waals surface area contributed by atoms with Crippen LogP contribution in [0.1, 0.15) is 32.1 Å². The molecule has 0 aromatic rings. The van der Waals surface area contributed by atoms with Gasteiger partial charge in [-0.1, -0.05) is 0 Å². The number of rotatable bonds is 3.